The van der Waals surface area contributed by atoms with Gasteiger partial charge in [0.15, 0.2) is 0 Å². The van der Waals surface area contributed by atoms with Gasteiger partial charge in [0.2, 0.25) is 0 Å². The first kappa shape index (κ1) is 7.13. The van der Waals surface area contributed by atoms with Crippen molar-refractivity contribution in [2.24, 2.45) is 0 Å². The van der Waals surface area contributed by atoms with Crippen LogP contribution in [0.25, 0.3) is 6.08 Å². The van der Waals surface area contributed by atoms with Gasteiger partial charge in [-0.3, -0.25) is 5.21 Å². The van der Waals surface area contributed by atoms with Gasteiger partial charge in [0.1, 0.15) is 0 Å². The van der Waals surface area contributed by atoms with E-state index >= 15 is 0 Å². The van der Waals surface area contributed by atoms with Crippen molar-refractivity contribution in [1.82, 2.24) is 0 Å². The lowest BCUT2D eigenvalue weighted by Gasteiger charge is -2.22. The Morgan fingerprint density at radius 1 is 1.17 bits per heavy atom. The molecule has 0 aliphatic carbocycles. The second kappa shape index (κ2) is 2.50. The van der Waals surface area contributed by atoms with Crippen molar-refractivity contribution < 1.29 is 5.21 Å². The van der Waals surface area contributed by atoms with Crippen LogP contribution in [0.4, 0.5) is 5.69 Å². The topological polar surface area (TPSA) is 23.5 Å². The highest BCUT2D eigenvalue weighted by Gasteiger charge is 2.12. The van der Waals surface area contributed by atoms with Crippen molar-refractivity contribution in [2.75, 3.05) is 5.06 Å². The molecule has 2 nitrogen and oxygen atoms in total. The van der Waals surface area contributed by atoms with E-state index in [1.54, 1.807) is 6.08 Å². The Bertz CT molecular complexity index is 355. The molecule has 2 heteroatoms. The Morgan fingerprint density at radius 2 is 1.92 bits per heavy atom. The molecule has 0 saturated heterocycles. The summed E-state index contributed by atoms with van der Waals surface area (Å²) in [5.74, 6) is 0. The fourth-order valence-corrected chi connectivity index (χ4v) is 1.23. The summed E-state index contributed by atoms with van der Waals surface area (Å²) in [5, 5.41) is 10.6. The third-order valence-electron chi connectivity index (χ3n) is 1.89. The zero-order valence-electron chi connectivity index (χ0n) is 6.57. The Morgan fingerprint density at radius 3 is 2.75 bits per heavy atom. The minimum atomic E-state index is 0.591. The molecule has 0 unspecified atom stereocenters. The van der Waals surface area contributed by atoms with Crippen LogP contribution in [0.5, 0.6) is 0 Å². The molecule has 2 rings (SSSR count). The second-order valence-corrected chi connectivity index (χ2v) is 2.70. The molecule has 0 aromatic heterocycles. The van der Waals surface area contributed by atoms with Crippen LogP contribution >= 0.6 is 0 Å². The third kappa shape index (κ3) is 0.933. The molecule has 12 heavy (non-hydrogen) atoms. The van der Waals surface area contributed by atoms with Gasteiger partial charge in [-0.2, -0.15) is 0 Å². The van der Waals surface area contributed by atoms with Gasteiger partial charge in [-0.1, -0.05) is 30.9 Å². The average Bonchev–Trinajstić information content (AvgIpc) is 2.12. The molecule has 0 radical (unpaired) electrons. The monoisotopic (exact) mass is 159 g/mol. The zero-order valence-corrected chi connectivity index (χ0v) is 6.57. The standard InChI is InChI=1S/C10H9NO/c1-8-6-7-9-4-2-3-5-10(9)11(8)12/h2-7,12H,1H2. The number of rotatable bonds is 0. The Hall–Kier alpha value is -1.54. The molecule has 0 amide bonds. The SMILES string of the molecule is C=C1C=Cc2ccccc2N1O. The van der Waals surface area contributed by atoms with Crippen molar-refractivity contribution >= 4 is 11.8 Å². The fraction of sp³-hybridized carbons (Fsp3) is 0. The van der Waals surface area contributed by atoms with E-state index in [-0.39, 0.29) is 0 Å². The maximum atomic E-state index is 9.51. The number of hydrogen-bond acceptors (Lipinski definition) is 2. The van der Waals surface area contributed by atoms with Crippen molar-refractivity contribution in [3.8, 4) is 0 Å². The maximum absolute atomic E-state index is 9.51. The molecule has 1 N–H and O–H groups in total. The minimum absolute atomic E-state index is 0.591. The van der Waals surface area contributed by atoms with Crippen LogP contribution < -0.4 is 5.06 Å². The highest BCUT2D eigenvalue weighted by Crippen LogP contribution is 2.27. The van der Waals surface area contributed by atoms with Crippen LogP contribution in [-0.4, -0.2) is 5.21 Å². The van der Waals surface area contributed by atoms with Gasteiger partial charge in [-0.15, -0.1) is 0 Å². The Balaban J connectivity index is 2.59. The van der Waals surface area contributed by atoms with E-state index < -0.39 is 0 Å². The number of nitrogens with zero attached hydrogens (tertiary/aromatic N) is 1. The molecule has 0 fully saturated rings. The highest BCUT2D eigenvalue weighted by molar-refractivity contribution is 5.74. The molecule has 1 aliphatic rings. The van der Waals surface area contributed by atoms with Gasteiger partial charge >= 0.3 is 0 Å². The number of fused-ring (bicyclic) bond motifs is 1. The van der Waals surface area contributed by atoms with E-state index in [1.807, 2.05) is 30.3 Å². The smallest absolute Gasteiger partial charge is 0.0765 e. The van der Waals surface area contributed by atoms with E-state index in [1.165, 1.54) is 0 Å². The molecule has 1 aromatic rings. The van der Waals surface area contributed by atoms with Crippen LogP contribution in [0.1, 0.15) is 5.56 Å². The fourth-order valence-electron chi connectivity index (χ4n) is 1.23. The summed E-state index contributed by atoms with van der Waals surface area (Å²) in [5.41, 5.74) is 2.38. The first-order chi connectivity index (χ1) is 5.79. The van der Waals surface area contributed by atoms with Crippen LogP contribution in [-0.2, 0) is 0 Å². The Labute approximate surface area is 71.0 Å². The summed E-state index contributed by atoms with van der Waals surface area (Å²) in [6.07, 6.45) is 3.72. The summed E-state index contributed by atoms with van der Waals surface area (Å²) < 4.78 is 0. The molecule has 0 spiro atoms. The van der Waals surface area contributed by atoms with E-state index in [0.717, 1.165) is 16.3 Å². The first-order valence-electron chi connectivity index (χ1n) is 3.74. The lowest BCUT2D eigenvalue weighted by Crippen LogP contribution is -2.18. The van der Waals surface area contributed by atoms with Gasteiger partial charge < -0.3 is 0 Å². The number of benzene rings is 1. The average molecular weight is 159 g/mol. The molecular formula is C10H9NO. The molecule has 0 bridgehead atoms. The third-order valence-corrected chi connectivity index (χ3v) is 1.89. The van der Waals surface area contributed by atoms with Crippen molar-refractivity contribution in [2.45, 2.75) is 0 Å². The number of hydroxylamine groups is 1. The van der Waals surface area contributed by atoms with Crippen LogP contribution in [0.3, 0.4) is 0 Å². The highest BCUT2D eigenvalue weighted by atomic mass is 16.5. The molecule has 0 atom stereocenters. The van der Waals surface area contributed by atoms with E-state index in [4.69, 9.17) is 0 Å². The number of allylic oxidation sites excluding steroid dienone is 1. The van der Waals surface area contributed by atoms with Crippen molar-refractivity contribution in [3.05, 3.63) is 48.2 Å². The zero-order chi connectivity index (χ0) is 8.55. The normalized spacial score (nSPS) is 14.8. The van der Waals surface area contributed by atoms with Gasteiger partial charge in [0.05, 0.1) is 11.4 Å². The summed E-state index contributed by atoms with van der Waals surface area (Å²) in [6, 6.07) is 7.62. The lowest BCUT2D eigenvalue weighted by atomic mass is 10.1. The predicted molar refractivity (Wildman–Crippen MR) is 48.9 cm³/mol. The van der Waals surface area contributed by atoms with E-state index in [2.05, 4.69) is 6.58 Å². The molecule has 60 valence electrons. The number of para-hydroxylation sites is 1. The van der Waals surface area contributed by atoms with Gasteiger partial charge in [0, 0.05) is 5.56 Å². The molecule has 1 heterocycles. The van der Waals surface area contributed by atoms with E-state index in [0.29, 0.717) is 5.70 Å². The first-order valence-corrected chi connectivity index (χ1v) is 3.74. The maximum Gasteiger partial charge on any atom is 0.0765 e. The minimum Gasteiger partial charge on any atom is -0.284 e. The largest absolute Gasteiger partial charge is 0.284 e. The molecule has 1 aliphatic heterocycles. The number of anilines is 1. The summed E-state index contributed by atoms with van der Waals surface area (Å²) in [7, 11) is 0. The van der Waals surface area contributed by atoms with Crippen molar-refractivity contribution in [3.63, 3.8) is 0 Å². The van der Waals surface area contributed by atoms with E-state index in [9.17, 15) is 5.21 Å². The van der Waals surface area contributed by atoms with Gasteiger partial charge in [-0.05, 0) is 12.1 Å². The molecule has 0 saturated carbocycles. The summed E-state index contributed by atoms with van der Waals surface area (Å²) in [6.45, 7) is 3.68. The van der Waals surface area contributed by atoms with Gasteiger partial charge in [0.25, 0.3) is 0 Å². The van der Waals surface area contributed by atoms with Crippen LogP contribution in [0, 0.1) is 0 Å². The van der Waals surface area contributed by atoms with Crippen LogP contribution in [0.15, 0.2) is 42.6 Å². The summed E-state index contributed by atoms with van der Waals surface area (Å²) >= 11 is 0. The van der Waals surface area contributed by atoms with Gasteiger partial charge in [-0.25, -0.2) is 5.06 Å². The summed E-state index contributed by atoms with van der Waals surface area (Å²) in [4.78, 5) is 0. The quantitative estimate of drug-likeness (QED) is 0.628. The number of hydrogen-bond donors (Lipinski definition) is 1. The second-order valence-electron chi connectivity index (χ2n) is 2.70. The van der Waals surface area contributed by atoms with Crippen LogP contribution in [0.2, 0.25) is 0 Å². The predicted octanol–water partition coefficient (Wildman–Crippen LogP) is 2.42. The molecule has 1 aromatic carbocycles. The molecular weight excluding hydrogens is 150 g/mol. The Kier molecular flexibility index (Phi) is 1.48. The lowest BCUT2D eigenvalue weighted by molar-refractivity contribution is 0.287. The van der Waals surface area contributed by atoms with Crippen molar-refractivity contribution in [1.29, 1.82) is 0 Å².